The normalized spacial score (nSPS) is 30.4. The van der Waals surface area contributed by atoms with Gasteiger partial charge in [0.2, 0.25) is 5.91 Å². The molecule has 4 heteroatoms. The number of carboxylic acid groups (broad SMARTS) is 1. The molecule has 1 saturated carbocycles. The van der Waals surface area contributed by atoms with Gasteiger partial charge in [0, 0.05) is 13.1 Å². The minimum absolute atomic E-state index is 0.0430. The second kappa shape index (κ2) is 6.20. The number of rotatable bonds is 6. The Morgan fingerprint density at radius 2 is 1.52 bits per heavy atom. The Balaban J connectivity index is 2.19. The molecule has 0 aromatic carbocycles. The van der Waals surface area contributed by atoms with E-state index in [4.69, 9.17) is 0 Å². The summed E-state index contributed by atoms with van der Waals surface area (Å²) in [7, 11) is 0. The summed E-state index contributed by atoms with van der Waals surface area (Å²) in [5.74, 6) is -0.729. The lowest BCUT2D eigenvalue weighted by atomic mass is 9.82. The number of amides is 1. The molecular formula is C17H27NO3. The maximum atomic E-state index is 12.9. The van der Waals surface area contributed by atoms with Crippen molar-refractivity contribution in [2.75, 3.05) is 13.1 Å². The number of nitrogens with zero attached hydrogens (tertiary/aromatic N) is 1. The molecular weight excluding hydrogens is 266 g/mol. The average molecular weight is 293 g/mol. The van der Waals surface area contributed by atoms with Gasteiger partial charge in [0.05, 0.1) is 11.8 Å². The van der Waals surface area contributed by atoms with Gasteiger partial charge in [-0.2, -0.15) is 0 Å². The van der Waals surface area contributed by atoms with Crippen molar-refractivity contribution in [2.24, 2.45) is 35.5 Å². The Kier molecular flexibility index (Phi) is 4.74. The van der Waals surface area contributed by atoms with E-state index in [1.54, 1.807) is 0 Å². The van der Waals surface area contributed by atoms with Gasteiger partial charge < -0.3 is 10.0 Å². The zero-order valence-electron chi connectivity index (χ0n) is 13.5. The van der Waals surface area contributed by atoms with Crippen LogP contribution in [0.4, 0.5) is 0 Å². The summed E-state index contributed by atoms with van der Waals surface area (Å²) < 4.78 is 0. The van der Waals surface area contributed by atoms with Crippen LogP contribution in [0.5, 0.6) is 0 Å². The highest BCUT2D eigenvalue weighted by molar-refractivity contribution is 5.87. The molecule has 4 nitrogen and oxygen atoms in total. The fraction of sp³-hybridized carbons (Fsp3) is 0.765. The summed E-state index contributed by atoms with van der Waals surface area (Å²) >= 11 is 0. The van der Waals surface area contributed by atoms with Crippen LogP contribution in [0.15, 0.2) is 12.2 Å². The molecule has 4 atom stereocenters. The number of hydrogen-bond acceptors (Lipinski definition) is 2. The number of carboxylic acids is 1. The number of carbonyl (C=O) groups excluding carboxylic acids is 1. The second-order valence-electron chi connectivity index (χ2n) is 7.37. The molecule has 1 amide bonds. The first-order chi connectivity index (χ1) is 9.81. The summed E-state index contributed by atoms with van der Waals surface area (Å²) in [5, 5.41) is 9.50. The van der Waals surface area contributed by atoms with Crippen LogP contribution in [0.2, 0.25) is 0 Å². The maximum Gasteiger partial charge on any atom is 0.307 e. The lowest BCUT2D eigenvalue weighted by Crippen LogP contribution is -2.45. The predicted octanol–water partition coefficient (Wildman–Crippen LogP) is 2.65. The zero-order chi connectivity index (χ0) is 15.7. The van der Waals surface area contributed by atoms with E-state index in [9.17, 15) is 14.7 Å². The predicted molar refractivity (Wildman–Crippen MR) is 81.6 cm³/mol. The maximum absolute atomic E-state index is 12.9. The minimum Gasteiger partial charge on any atom is -0.481 e. The Hall–Kier alpha value is -1.32. The van der Waals surface area contributed by atoms with Crippen LogP contribution in [0, 0.1) is 35.5 Å². The standard InChI is InChI=1S/C17H27NO3/c1-10(2)8-18(9-11(3)4)16(19)14-12-5-6-13(7-12)15(14)17(20)21/h5-6,10-15H,7-9H2,1-4H3,(H,20,21)/t12-,13-,14-,15-/m0/s1. The third kappa shape index (κ3) is 3.30. The van der Waals surface area contributed by atoms with Gasteiger partial charge in [0.25, 0.3) is 0 Å². The van der Waals surface area contributed by atoms with Crippen molar-refractivity contribution >= 4 is 11.9 Å². The first-order valence-corrected chi connectivity index (χ1v) is 8.01. The monoisotopic (exact) mass is 293 g/mol. The Labute approximate surface area is 127 Å². The highest BCUT2D eigenvalue weighted by Crippen LogP contribution is 2.48. The van der Waals surface area contributed by atoms with E-state index in [1.807, 2.05) is 11.0 Å². The Morgan fingerprint density at radius 1 is 1.05 bits per heavy atom. The summed E-state index contributed by atoms with van der Waals surface area (Å²) in [6.07, 6.45) is 4.86. The molecule has 0 radical (unpaired) electrons. The quantitative estimate of drug-likeness (QED) is 0.766. The van der Waals surface area contributed by atoms with Crippen LogP contribution >= 0.6 is 0 Å². The van der Waals surface area contributed by atoms with Gasteiger partial charge in [0.15, 0.2) is 0 Å². The highest BCUT2D eigenvalue weighted by atomic mass is 16.4. The van der Waals surface area contributed by atoms with Gasteiger partial charge in [-0.15, -0.1) is 0 Å². The molecule has 0 saturated heterocycles. The van der Waals surface area contributed by atoms with Gasteiger partial charge in [0.1, 0.15) is 0 Å². The first kappa shape index (κ1) is 16.1. The van der Waals surface area contributed by atoms with E-state index in [-0.39, 0.29) is 23.7 Å². The molecule has 0 aliphatic heterocycles. The summed E-state index contributed by atoms with van der Waals surface area (Å²) in [6.45, 7) is 9.79. The van der Waals surface area contributed by atoms with Crippen LogP contribution in [0.3, 0.4) is 0 Å². The molecule has 1 fully saturated rings. The van der Waals surface area contributed by atoms with Gasteiger partial charge in [-0.1, -0.05) is 39.8 Å². The van der Waals surface area contributed by atoms with Gasteiger partial charge in [-0.25, -0.2) is 0 Å². The molecule has 0 unspecified atom stereocenters. The van der Waals surface area contributed by atoms with Crippen LogP contribution in [-0.4, -0.2) is 35.0 Å². The van der Waals surface area contributed by atoms with Crippen LogP contribution in [-0.2, 0) is 9.59 Å². The molecule has 0 spiro atoms. The largest absolute Gasteiger partial charge is 0.481 e. The molecule has 0 aromatic rings. The molecule has 2 bridgehead atoms. The molecule has 2 aliphatic carbocycles. The van der Waals surface area contributed by atoms with Crippen molar-refractivity contribution in [1.29, 1.82) is 0 Å². The number of allylic oxidation sites excluding steroid dienone is 2. The SMILES string of the molecule is CC(C)CN(CC(C)C)C(=O)[C@@H]1[C@@H](C(=O)O)[C@H]2C=C[C@H]1C2. The van der Waals surface area contributed by atoms with Crippen LogP contribution < -0.4 is 0 Å². The third-order valence-corrected chi connectivity index (χ3v) is 4.51. The first-order valence-electron chi connectivity index (χ1n) is 8.01. The van der Waals surface area contributed by atoms with E-state index in [0.717, 1.165) is 6.42 Å². The summed E-state index contributed by atoms with van der Waals surface area (Å²) in [5.41, 5.74) is 0. The van der Waals surface area contributed by atoms with E-state index in [2.05, 4.69) is 33.8 Å². The second-order valence-corrected chi connectivity index (χ2v) is 7.37. The average Bonchev–Trinajstić information content (AvgIpc) is 2.95. The lowest BCUT2D eigenvalue weighted by Gasteiger charge is -2.33. The van der Waals surface area contributed by atoms with E-state index >= 15 is 0 Å². The minimum atomic E-state index is -0.820. The van der Waals surface area contributed by atoms with Crippen LogP contribution in [0.25, 0.3) is 0 Å². The summed E-state index contributed by atoms with van der Waals surface area (Å²) in [4.78, 5) is 26.4. The van der Waals surface area contributed by atoms with Crippen molar-refractivity contribution < 1.29 is 14.7 Å². The molecule has 0 heterocycles. The molecule has 2 rings (SSSR count). The summed E-state index contributed by atoms with van der Waals surface area (Å²) in [6, 6.07) is 0. The Bertz CT molecular complexity index is 431. The smallest absolute Gasteiger partial charge is 0.307 e. The molecule has 2 aliphatic rings. The number of hydrogen-bond donors (Lipinski definition) is 1. The van der Waals surface area contributed by atoms with Crippen molar-refractivity contribution in [3.63, 3.8) is 0 Å². The van der Waals surface area contributed by atoms with Crippen molar-refractivity contribution in [2.45, 2.75) is 34.1 Å². The molecule has 0 aromatic heterocycles. The highest BCUT2D eigenvalue weighted by Gasteiger charge is 2.52. The van der Waals surface area contributed by atoms with Gasteiger partial charge in [-0.05, 0) is 30.1 Å². The van der Waals surface area contributed by atoms with Crippen molar-refractivity contribution in [3.8, 4) is 0 Å². The fourth-order valence-electron chi connectivity index (χ4n) is 3.84. The lowest BCUT2D eigenvalue weighted by molar-refractivity contribution is -0.151. The number of aliphatic carboxylic acids is 1. The van der Waals surface area contributed by atoms with Gasteiger partial charge >= 0.3 is 5.97 Å². The van der Waals surface area contributed by atoms with Gasteiger partial charge in [-0.3, -0.25) is 9.59 Å². The van der Waals surface area contributed by atoms with Crippen LogP contribution in [0.1, 0.15) is 34.1 Å². The number of carbonyl (C=O) groups is 2. The number of fused-ring (bicyclic) bond motifs is 2. The third-order valence-electron chi connectivity index (χ3n) is 4.51. The zero-order valence-corrected chi connectivity index (χ0v) is 13.5. The fourth-order valence-corrected chi connectivity index (χ4v) is 3.84. The Morgan fingerprint density at radius 3 is 1.95 bits per heavy atom. The van der Waals surface area contributed by atoms with Crippen molar-refractivity contribution in [3.05, 3.63) is 12.2 Å². The molecule has 118 valence electrons. The molecule has 1 N–H and O–H groups in total. The van der Waals surface area contributed by atoms with E-state index in [1.165, 1.54) is 0 Å². The molecule has 21 heavy (non-hydrogen) atoms. The topological polar surface area (TPSA) is 57.6 Å². The van der Waals surface area contributed by atoms with E-state index < -0.39 is 11.9 Å². The van der Waals surface area contributed by atoms with Crippen molar-refractivity contribution in [1.82, 2.24) is 4.90 Å². The van der Waals surface area contributed by atoms with E-state index in [0.29, 0.717) is 24.9 Å².